The van der Waals surface area contributed by atoms with E-state index in [-0.39, 0.29) is 30.7 Å². The van der Waals surface area contributed by atoms with Crippen molar-refractivity contribution in [1.29, 1.82) is 0 Å². The van der Waals surface area contributed by atoms with E-state index in [2.05, 4.69) is 39.8 Å². The van der Waals surface area contributed by atoms with Crippen molar-refractivity contribution in [2.75, 3.05) is 39.8 Å². The van der Waals surface area contributed by atoms with Crippen LogP contribution in [0.15, 0.2) is 42.5 Å². The summed E-state index contributed by atoms with van der Waals surface area (Å²) < 4.78 is 5.52. The van der Waals surface area contributed by atoms with Crippen LogP contribution in [0.1, 0.15) is 33.5 Å². The van der Waals surface area contributed by atoms with E-state index in [1.54, 1.807) is 7.11 Å². The molecule has 1 amide bonds. The number of halogens is 2. The average molecular weight is 466 g/mol. The Balaban J connectivity index is 0.00000171. The van der Waals surface area contributed by atoms with Gasteiger partial charge in [-0.25, -0.2) is 0 Å². The summed E-state index contributed by atoms with van der Waals surface area (Å²) in [6.07, 6.45) is 3.21. The van der Waals surface area contributed by atoms with Gasteiger partial charge in [0.2, 0.25) is 0 Å². The Labute approximate surface area is 197 Å². The molecule has 7 heteroatoms. The van der Waals surface area contributed by atoms with Crippen molar-refractivity contribution < 1.29 is 9.53 Å². The maximum Gasteiger partial charge on any atom is 0.251 e. The van der Waals surface area contributed by atoms with Crippen LogP contribution in [0.5, 0.6) is 5.75 Å². The van der Waals surface area contributed by atoms with Gasteiger partial charge in [-0.05, 0) is 73.2 Å². The third-order valence-corrected chi connectivity index (χ3v) is 6.14. The lowest BCUT2D eigenvalue weighted by atomic mass is 9.96. The maximum atomic E-state index is 12.7. The molecule has 0 spiro atoms. The van der Waals surface area contributed by atoms with Crippen LogP contribution in [0, 0.1) is 5.92 Å². The first-order valence-electron chi connectivity index (χ1n) is 10.7. The second-order valence-corrected chi connectivity index (χ2v) is 8.14. The first-order valence-corrected chi connectivity index (χ1v) is 10.7. The summed E-state index contributed by atoms with van der Waals surface area (Å²) in [6, 6.07) is 14.4. The lowest BCUT2D eigenvalue weighted by molar-refractivity contribution is 0.0947. The number of fused-ring (bicyclic) bond motifs is 1. The molecule has 170 valence electrons. The van der Waals surface area contributed by atoms with E-state index in [4.69, 9.17) is 4.74 Å². The van der Waals surface area contributed by atoms with Gasteiger partial charge in [-0.1, -0.05) is 24.3 Å². The van der Waals surface area contributed by atoms with Crippen molar-refractivity contribution in [3.05, 3.63) is 64.7 Å². The summed E-state index contributed by atoms with van der Waals surface area (Å²) in [5, 5.41) is 6.50. The average Bonchev–Trinajstić information content (AvgIpc) is 3.26. The zero-order valence-corrected chi connectivity index (χ0v) is 19.7. The first kappa shape index (κ1) is 25.5. The summed E-state index contributed by atoms with van der Waals surface area (Å²) in [5.74, 6) is 1.49. The van der Waals surface area contributed by atoms with Crippen LogP contribution < -0.4 is 15.4 Å². The van der Waals surface area contributed by atoms with Gasteiger partial charge >= 0.3 is 0 Å². The highest BCUT2D eigenvalue weighted by molar-refractivity contribution is 5.94. The van der Waals surface area contributed by atoms with Crippen molar-refractivity contribution in [3.63, 3.8) is 0 Å². The standard InChI is InChI=1S/C24H31N3O2.2ClH/c1-29-23-7-6-20(15-22(23)14-18-8-10-25-16-18)24(28)26-11-13-27-12-9-19-4-2-3-5-21(19)17-27;;/h2-7,15,18,25H,8-14,16-17H2,1H3,(H,26,28);2*1H. The second-order valence-electron chi connectivity index (χ2n) is 8.14. The number of carbonyl (C=O) groups excluding carboxylic acids is 1. The minimum Gasteiger partial charge on any atom is -0.496 e. The maximum absolute atomic E-state index is 12.7. The van der Waals surface area contributed by atoms with Gasteiger partial charge in [0.15, 0.2) is 0 Å². The van der Waals surface area contributed by atoms with E-state index in [0.717, 1.165) is 62.4 Å². The molecule has 1 fully saturated rings. The number of rotatable bonds is 7. The molecular weight excluding hydrogens is 433 g/mol. The first-order chi connectivity index (χ1) is 14.2. The molecule has 2 N–H and O–H groups in total. The monoisotopic (exact) mass is 465 g/mol. The van der Waals surface area contributed by atoms with Crippen LogP contribution in [0.3, 0.4) is 0 Å². The highest BCUT2D eigenvalue weighted by Gasteiger charge is 2.19. The van der Waals surface area contributed by atoms with Gasteiger partial charge in [-0.15, -0.1) is 24.8 Å². The van der Waals surface area contributed by atoms with Gasteiger partial charge in [0.05, 0.1) is 7.11 Å². The summed E-state index contributed by atoms with van der Waals surface area (Å²) in [7, 11) is 1.70. The highest BCUT2D eigenvalue weighted by Crippen LogP contribution is 2.25. The van der Waals surface area contributed by atoms with Crippen LogP contribution in [0.25, 0.3) is 0 Å². The fraction of sp³-hybridized carbons (Fsp3) is 0.458. The van der Waals surface area contributed by atoms with Crippen molar-refractivity contribution in [2.45, 2.75) is 25.8 Å². The molecule has 2 heterocycles. The van der Waals surface area contributed by atoms with E-state index in [1.807, 2.05) is 18.2 Å². The Morgan fingerprint density at radius 3 is 2.74 bits per heavy atom. The summed E-state index contributed by atoms with van der Waals surface area (Å²) in [6.45, 7) is 5.67. The molecule has 0 bridgehead atoms. The Hall–Kier alpha value is -1.79. The minimum absolute atomic E-state index is 0. The molecule has 0 aliphatic carbocycles. The van der Waals surface area contributed by atoms with E-state index in [0.29, 0.717) is 12.5 Å². The Morgan fingerprint density at radius 2 is 2.00 bits per heavy atom. The molecule has 2 aliphatic rings. The van der Waals surface area contributed by atoms with E-state index in [9.17, 15) is 4.79 Å². The van der Waals surface area contributed by atoms with E-state index < -0.39 is 0 Å². The molecule has 0 aromatic heterocycles. The van der Waals surface area contributed by atoms with Crippen molar-refractivity contribution >= 4 is 30.7 Å². The van der Waals surface area contributed by atoms with Crippen LogP contribution >= 0.6 is 24.8 Å². The lowest BCUT2D eigenvalue weighted by Crippen LogP contribution is -2.37. The van der Waals surface area contributed by atoms with Gasteiger partial charge in [0.1, 0.15) is 5.75 Å². The number of ether oxygens (including phenoxy) is 1. The molecular formula is C24H33Cl2N3O2. The van der Waals surface area contributed by atoms with Gasteiger partial charge < -0.3 is 15.4 Å². The zero-order valence-electron chi connectivity index (χ0n) is 18.1. The lowest BCUT2D eigenvalue weighted by Gasteiger charge is -2.28. The molecule has 5 nitrogen and oxygen atoms in total. The number of nitrogens with zero attached hydrogens (tertiary/aromatic N) is 1. The second kappa shape index (κ2) is 12.3. The predicted octanol–water partition coefficient (Wildman–Crippen LogP) is 3.48. The smallest absolute Gasteiger partial charge is 0.251 e. The Morgan fingerprint density at radius 1 is 1.19 bits per heavy atom. The third-order valence-electron chi connectivity index (χ3n) is 6.14. The highest BCUT2D eigenvalue weighted by atomic mass is 35.5. The van der Waals surface area contributed by atoms with Gasteiger partial charge in [-0.2, -0.15) is 0 Å². The molecule has 1 atom stereocenters. The van der Waals surface area contributed by atoms with Crippen LogP contribution in [-0.4, -0.2) is 50.6 Å². The van der Waals surface area contributed by atoms with Crippen LogP contribution in [-0.2, 0) is 19.4 Å². The molecule has 4 rings (SSSR count). The third kappa shape index (κ3) is 6.59. The predicted molar refractivity (Wildman–Crippen MR) is 130 cm³/mol. The SMILES string of the molecule is COc1ccc(C(=O)NCCN2CCc3ccccc3C2)cc1CC1CCNC1.Cl.Cl. The summed E-state index contributed by atoms with van der Waals surface area (Å²) in [4.78, 5) is 15.1. The summed E-state index contributed by atoms with van der Waals surface area (Å²) >= 11 is 0. The van der Waals surface area contributed by atoms with E-state index in [1.165, 1.54) is 17.5 Å². The van der Waals surface area contributed by atoms with Crippen LogP contribution in [0.2, 0.25) is 0 Å². The van der Waals surface area contributed by atoms with E-state index >= 15 is 0 Å². The number of hydrogen-bond donors (Lipinski definition) is 2. The number of amides is 1. The quantitative estimate of drug-likeness (QED) is 0.656. The molecule has 31 heavy (non-hydrogen) atoms. The molecule has 2 aliphatic heterocycles. The fourth-order valence-electron chi connectivity index (χ4n) is 4.45. The van der Waals surface area contributed by atoms with Crippen molar-refractivity contribution in [2.24, 2.45) is 5.92 Å². The molecule has 0 saturated carbocycles. The van der Waals surface area contributed by atoms with Crippen molar-refractivity contribution in [1.82, 2.24) is 15.5 Å². The van der Waals surface area contributed by atoms with Gasteiger partial charge in [0.25, 0.3) is 5.91 Å². The molecule has 2 aromatic carbocycles. The minimum atomic E-state index is -0.00383. The number of hydrogen-bond acceptors (Lipinski definition) is 4. The molecule has 1 unspecified atom stereocenters. The Kier molecular flexibility index (Phi) is 10.1. The molecule has 2 aromatic rings. The Bertz CT molecular complexity index is 856. The summed E-state index contributed by atoms with van der Waals surface area (Å²) in [5.41, 5.74) is 4.71. The number of benzene rings is 2. The van der Waals surface area contributed by atoms with Crippen molar-refractivity contribution in [3.8, 4) is 5.75 Å². The topological polar surface area (TPSA) is 53.6 Å². The van der Waals surface area contributed by atoms with Crippen LogP contribution in [0.4, 0.5) is 0 Å². The van der Waals surface area contributed by atoms with Gasteiger partial charge in [-0.3, -0.25) is 9.69 Å². The molecule has 1 saturated heterocycles. The zero-order chi connectivity index (χ0) is 20.1. The largest absolute Gasteiger partial charge is 0.496 e. The number of nitrogens with one attached hydrogen (secondary N) is 2. The number of methoxy groups -OCH3 is 1. The normalized spacial score (nSPS) is 17.8. The molecule has 0 radical (unpaired) electrons. The fourth-order valence-corrected chi connectivity index (χ4v) is 4.45. The van der Waals surface area contributed by atoms with Gasteiger partial charge in [0, 0.05) is 31.7 Å². The number of carbonyl (C=O) groups is 1.